The second kappa shape index (κ2) is 5.61. The molecular formula is C18H14B2O4. The maximum absolute atomic E-state index is 9.92. The van der Waals surface area contributed by atoms with Crippen molar-refractivity contribution < 1.29 is 20.1 Å². The molecule has 4 rings (SSSR count). The monoisotopic (exact) mass is 316 g/mol. The summed E-state index contributed by atoms with van der Waals surface area (Å²) in [6.45, 7) is 0. The van der Waals surface area contributed by atoms with Crippen molar-refractivity contribution in [3.05, 3.63) is 60.7 Å². The third-order valence-electron chi connectivity index (χ3n) is 4.50. The van der Waals surface area contributed by atoms with Crippen molar-refractivity contribution in [3.8, 4) is 0 Å². The molecule has 4 aromatic rings. The molecule has 0 atom stereocenters. The number of fused-ring (bicyclic) bond motifs is 5. The largest absolute Gasteiger partial charge is 0.488 e. The Labute approximate surface area is 138 Å². The van der Waals surface area contributed by atoms with Gasteiger partial charge in [-0.05, 0) is 43.2 Å². The van der Waals surface area contributed by atoms with E-state index in [0.29, 0.717) is 5.39 Å². The first-order valence-corrected chi connectivity index (χ1v) is 7.67. The molecule has 0 unspecified atom stereocenters. The molecule has 24 heavy (non-hydrogen) atoms. The number of rotatable bonds is 2. The minimum Gasteiger partial charge on any atom is -0.423 e. The van der Waals surface area contributed by atoms with Crippen molar-refractivity contribution >= 4 is 57.5 Å². The van der Waals surface area contributed by atoms with Crippen molar-refractivity contribution in [1.29, 1.82) is 0 Å². The van der Waals surface area contributed by atoms with Crippen LogP contribution >= 0.6 is 0 Å². The van der Waals surface area contributed by atoms with Gasteiger partial charge in [0.05, 0.1) is 0 Å². The molecule has 0 spiro atoms. The van der Waals surface area contributed by atoms with Crippen molar-refractivity contribution in [2.75, 3.05) is 0 Å². The van der Waals surface area contributed by atoms with E-state index in [0.717, 1.165) is 26.9 Å². The third kappa shape index (κ3) is 2.20. The Bertz CT molecular complexity index is 1070. The van der Waals surface area contributed by atoms with Crippen LogP contribution in [0.1, 0.15) is 0 Å². The molecule has 0 aromatic heterocycles. The van der Waals surface area contributed by atoms with Crippen LogP contribution in [0.2, 0.25) is 0 Å². The van der Waals surface area contributed by atoms with Crippen LogP contribution in [0.5, 0.6) is 0 Å². The predicted octanol–water partition coefficient (Wildman–Crippen LogP) is 0.506. The van der Waals surface area contributed by atoms with Crippen LogP contribution in [-0.4, -0.2) is 34.3 Å². The van der Waals surface area contributed by atoms with Crippen molar-refractivity contribution in [1.82, 2.24) is 0 Å². The second-order valence-electron chi connectivity index (χ2n) is 5.86. The Morgan fingerprint density at radius 3 is 1.79 bits per heavy atom. The van der Waals surface area contributed by atoms with E-state index in [-0.39, 0.29) is 10.9 Å². The Hall–Kier alpha value is -2.37. The third-order valence-corrected chi connectivity index (χ3v) is 4.50. The van der Waals surface area contributed by atoms with Gasteiger partial charge in [0.25, 0.3) is 0 Å². The highest BCUT2D eigenvalue weighted by Crippen LogP contribution is 2.31. The standard InChI is InChI=1S/C18H14B2O4/c21-19(22)15-10-9-13-8-7-12-6-5-11-3-1-2-4-14(11)16(12)17(13)18(15)20(23)24/h1-10,21-24H. The topological polar surface area (TPSA) is 80.9 Å². The lowest BCUT2D eigenvalue weighted by Crippen LogP contribution is -2.49. The maximum atomic E-state index is 9.92. The summed E-state index contributed by atoms with van der Waals surface area (Å²) in [5.41, 5.74) is 0.224. The molecule has 0 heterocycles. The molecule has 4 N–H and O–H groups in total. The van der Waals surface area contributed by atoms with Gasteiger partial charge in [0.1, 0.15) is 0 Å². The van der Waals surface area contributed by atoms with E-state index in [1.807, 2.05) is 48.5 Å². The molecule has 4 aromatic carbocycles. The van der Waals surface area contributed by atoms with E-state index in [1.54, 1.807) is 6.07 Å². The molecule has 4 nitrogen and oxygen atoms in total. The summed E-state index contributed by atoms with van der Waals surface area (Å²) < 4.78 is 0. The maximum Gasteiger partial charge on any atom is 0.488 e. The molecular weight excluding hydrogens is 302 g/mol. The average Bonchev–Trinajstić information content (AvgIpc) is 2.59. The molecule has 0 aliphatic rings. The van der Waals surface area contributed by atoms with E-state index in [1.165, 1.54) is 6.07 Å². The van der Waals surface area contributed by atoms with Crippen molar-refractivity contribution in [2.45, 2.75) is 0 Å². The van der Waals surface area contributed by atoms with Crippen LogP contribution in [0, 0.1) is 0 Å². The zero-order valence-corrected chi connectivity index (χ0v) is 12.7. The van der Waals surface area contributed by atoms with Gasteiger partial charge in [-0.2, -0.15) is 0 Å². The average molecular weight is 316 g/mol. The first kappa shape index (κ1) is 15.2. The smallest absolute Gasteiger partial charge is 0.423 e. The lowest BCUT2D eigenvalue weighted by Gasteiger charge is -2.15. The minimum atomic E-state index is -1.81. The summed E-state index contributed by atoms with van der Waals surface area (Å²) >= 11 is 0. The van der Waals surface area contributed by atoms with Gasteiger partial charge in [0.2, 0.25) is 0 Å². The van der Waals surface area contributed by atoms with E-state index in [9.17, 15) is 20.1 Å². The molecule has 0 saturated heterocycles. The quantitative estimate of drug-likeness (QED) is 0.321. The summed E-state index contributed by atoms with van der Waals surface area (Å²) in [4.78, 5) is 0. The van der Waals surface area contributed by atoms with Crippen LogP contribution in [0.25, 0.3) is 32.3 Å². The molecule has 6 heteroatoms. The first-order chi connectivity index (χ1) is 11.6. The van der Waals surface area contributed by atoms with Gasteiger partial charge in [-0.1, -0.05) is 60.7 Å². The molecule has 0 fully saturated rings. The first-order valence-electron chi connectivity index (χ1n) is 7.67. The molecule has 0 aliphatic carbocycles. The second-order valence-corrected chi connectivity index (χ2v) is 5.86. The Morgan fingerprint density at radius 1 is 0.542 bits per heavy atom. The SMILES string of the molecule is OB(O)c1ccc2ccc3ccc4ccccc4c3c2c1B(O)O. The van der Waals surface area contributed by atoms with E-state index in [2.05, 4.69) is 0 Å². The van der Waals surface area contributed by atoms with Gasteiger partial charge in [0.15, 0.2) is 0 Å². The van der Waals surface area contributed by atoms with E-state index >= 15 is 0 Å². The van der Waals surface area contributed by atoms with Crippen LogP contribution in [0.15, 0.2) is 60.7 Å². The zero-order valence-electron chi connectivity index (χ0n) is 12.7. The highest BCUT2D eigenvalue weighted by Gasteiger charge is 2.26. The van der Waals surface area contributed by atoms with Crippen molar-refractivity contribution in [3.63, 3.8) is 0 Å². The fourth-order valence-electron chi connectivity index (χ4n) is 3.46. The Kier molecular flexibility index (Phi) is 3.55. The molecule has 0 bridgehead atoms. The van der Waals surface area contributed by atoms with Gasteiger partial charge < -0.3 is 20.1 Å². The van der Waals surface area contributed by atoms with Crippen LogP contribution in [0.4, 0.5) is 0 Å². The minimum absolute atomic E-state index is 0.0953. The Morgan fingerprint density at radius 2 is 1.12 bits per heavy atom. The number of benzene rings is 4. The summed E-state index contributed by atoms with van der Waals surface area (Å²) in [6, 6.07) is 19.0. The summed E-state index contributed by atoms with van der Waals surface area (Å²) in [6.07, 6.45) is 0. The lowest BCUT2D eigenvalue weighted by molar-refractivity contribution is 0.419. The molecule has 116 valence electrons. The lowest BCUT2D eigenvalue weighted by atomic mass is 9.63. The van der Waals surface area contributed by atoms with Gasteiger partial charge >= 0.3 is 14.2 Å². The normalized spacial score (nSPS) is 11.3. The van der Waals surface area contributed by atoms with E-state index < -0.39 is 14.2 Å². The van der Waals surface area contributed by atoms with Gasteiger partial charge in [0, 0.05) is 0 Å². The van der Waals surface area contributed by atoms with Gasteiger partial charge in [-0.3, -0.25) is 0 Å². The Balaban J connectivity index is 2.32. The molecule has 0 saturated carbocycles. The van der Waals surface area contributed by atoms with Crippen molar-refractivity contribution in [2.24, 2.45) is 0 Å². The van der Waals surface area contributed by atoms with Crippen LogP contribution < -0.4 is 10.9 Å². The summed E-state index contributed by atoms with van der Waals surface area (Å²) in [5, 5.41) is 44.4. The summed E-state index contributed by atoms with van der Waals surface area (Å²) in [7, 11) is -3.59. The number of hydrogen-bond acceptors (Lipinski definition) is 4. The summed E-state index contributed by atoms with van der Waals surface area (Å²) in [5.74, 6) is 0. The fourth-order valence-corrected chi connectivity index (χ4v) is 3.46. The van der Waals surface area contributed by atoms with Gasteiger partial charge in [-0.15, -0.1) is 0 Å². The highest BCUT2D eigenvalue weighted by atomic mass is 16.4. The zero-order chi connectivity index (χ0) is 16.8. The highest BCUT2D eigenvalue weighted by molar-refractivity contribution is 6.74. The van der Waals surface area contributed by atoms with Crippen LogP contribution in [-0.2, 0) is 0 Å². The predicted molar refractivity (Wildman–Crippen MR) is 98.6 cm³/mol. The fraction of sp³-hybridized carbons (Fsp3) is 0. The molecule has 0 aliphatic heterocycles. The van der Waals surface area contributed by atoms with Crippen LogP contribution in [0.3, 0.4) is 0 Å². The molecule has 0 amide bonds. The molecule has 0 radical (unpaired) electrons. The van der Waals surface area contributed by atoms with Gasteiger partial charge in [-0.25, -0.2) is 0 Å². The number of hydrogen-bond donors (Lipinski definition) is 4. The van der Waals surface area contributed by atoms with E-state index in [4.69, 9.17) is 0 Å².